The Hall–Kier alpha value is -1.13. The second-order valence-corrected chi connectivity index (χ2v) is 5.80. The van der Waals surface area contributed by atoms with Crippen LogP contribution in [0.2, 0.25) is 0 Å². The maximum absolute atomic E-state index is 10.2. The third-order valence-electron chi connectivity index (χ3n) is 3.24. The molecule has 1 aromatic carbocycles. The number of β-amino-alcohol motifs (C(OH)–C–C–N with tert-alkyl or cyclic N) is 1. The van der Waals surface area contributed by atoms with Crippen molar-refractivity contribution in [3.8, 4) is 0 Å². The van der Waals surface area contributed by atoms with Gasteiger partial charge in [-0.05, 0) is 18.6 Å². The van der Waals surface area contributed by atoms with Crippen molar-refractivity contribution in [1.29, 1.82) is 0 Å². The van der Waals surface area contributed by atoms with Gasteiger partial charge in [0.1, 0.15) is 0 Å². The van der Waals surface area contributed by atoms with E-state index in [0.717, 1.165) is 36.6 Å². The fraction of sp³-hybridized carbons (Fsp3) is 0.462. The van der Waals surface area contributed by atoms with Crippen LogP contribution in [0.25, 0.3) is 10.2 Å². The summed E-state index contributed by atoms with van der Waals surface area (Å²) in [4.78, 5) is 6.76. The number of aliphatic hydroxyl groups is 1. The van der Waals surface area contributed by atoms with Crippen molar-refractivity contribution >= 4 is 26.7 Å². The molecule has 3 rings (SSSR count). The number of nitrogens with zero attached hydrogens (tertiary/aromatic N) is 2. The number of benzene rings is 1. The van der Waals surface area contributed by atoms with E-state index in [4.69, 9.17) is 0 Å². The summed E-state index contributed by atoms with van der Waals surface area (Å²) >= 11 is 1.70. The number of thiazole rings is 1. The van der Waals surface area contributed by atoms with Gasteiger partial charge < -0.3 is 10.0 Å². The monoisotopic (exact) mass is 248 g/mol. The first-order chi connectivity index (χ1) is 8.20. The van der Waals surface area contributed by atoms with Crippen molar-refractivity contribution in [2.45, 2.75) is 25.4 Å². The number of rotatable bonds is 3. The molecule has 2 aromatic rings. The molecule has 1 fully saturated rings. The summed E-state index contributed by atoms with van der Waals surface area (Å²) in [7, 11) is 0. The molecule has 3 nitrogen and oxygen atoms in total. The molecule has 0 spiro atoms. The number of hydrogen-bond acceptors (Lipinski definition) is 4. The molecule has 1 aliphatic heterocycles. The smallest absolute Gasteiger partial charge is 0.186 e. The number of para-hydroxylation sites is 1. The largest absolute Gasteiger partial charge is 0.386 e. The minimum atomic E-state index is -0.480. The van der Waals surface area contributed by atoms with E-state index in [1.807, 2.05) is 18.2 Å². The van der Waals surface area contributed by atoms with Gasteiger partial charge in [0.25, 0.3) is 0 Å². The average molecular weight is 248 g/mol. The SMILES string of the molecule is CCCC1(O)CN(c2nc3ccccc3s2)C1. The fourth-order valence-electron chi connectivity index (χ4n) is 2.42. The molecular formula is C13H16N2OS. The highest BCUT2D eigenvalue weighted by Gasteiger charge is 2.41. The zero-order valence-corrected chi connectivity index (χ0v) is 10.7. The second kappa shape index (κ2) is 3.96. The van der Waals surface area contributed by atoms with Crippen LogP contribution in [0.4, 0.5) is 5.13 Å². The van der Waals surface area contributed by atoms with Crippen molar-refractivity contribution < 1.29 is 5.11 Å². The lowest BCUT2D eigenvalue weighted by molar-refractivity contribution is 0.00340. The predicted octanol–water partition coefficient (Wildman–Crippen LogP) is 2.65. The number of aromatic nitrogens is 1. The summed E-state index contributed by atoms with van der Waals surface area (Å²) < 4.78 is 1.22. The van der Waals surface area contributed by atoms with Crippen LogP contribution in [0.5, 0.6) is 0 Å². The highest BCUT2D eigenvalue weighted by molar-refractivity contribution is 7.22. The van der Waals surface area contributed by atoms with Crippen LogP contribution in [-0.2, 0) is 0 Å². The van der Waals surface area contributed by atoms with Gasteiger partial charge in [0.2, 0.25) is 0 Å². The van der Waals surface area contributed by atoms with Crippen LogP contribution in [0, 0.1) is 0 Å². The normalized spacial score (nSPS) is 18.4. The molecule has 0 unspecified atom stereocenters. The van der Waals surface area contributed by atoms with E-state index in [9.17, 15) is 5.11 Å². The quantitative estimate of drug-likeness (QED) is 0.907. The molecule has 90 valence electrons. The van der Waals surface area contributed by atoms with Crippen molar-refractivity contribution in [3.63, 3.8) is 0 Å². The van der Waals surface area contributed by atoms with E-state index in [1.54, 1.807) is 11.3 Å². The first kappa shape index (κ1) is 11.0. The van der Waals surface area contributed by atoms with Crippen molar-refractivity contribution in [2.75, 3.05) is 18.0 Å². The van der Waals surface area contributed by atoms with E-state index >= 15 is 0 Å². The summed E-state index contributed by atoms with van der Waals surface area (Å²) in [5.74, 6) is 0. The van der Waals surface area contributed by atoms with Crippen LogP contribution in [0.15, 0.2) is 24.3 Å². The van der Waals surface area contributed by atoms with Gasteiger partial charge in [0.15, 0.2) is 5.13 Å². The summed E-state index contributed by atoms with van der Waals surface area (Å²) in [6, 6.07) is 8.17. The third kappa shape index (κ3) is 1.91. The van der Waals surface area contributed by atoms with Gasteiger partial charge in [0, 0.05) is 0 Å². The van der Waals surface area contributed by atoms with E-state index in [-0.39, 0.29) is 0 Å². The standard InChI is InChI=1S/C13H16N2OS/c1-2-7-13(16)8-15(9-13)12-14-10-5-3-4-6-11(10)17-12/h3-6,16H,2,7-9H2,1H3. The molecule has 0 aliphatic carbocycles. The molecule has 2 heterocycles. The van der Waals surface area contributed by atoms with Gasteiger partial charge in [-0.2, -0.15) is 0 Å². The van der Waals surface area contributed by atoms with Gasteiger partial charge in [-0.1, -0.05) is 36.8 Å². The third-order valence-corrected chi connectivity index (χ3v) is 4.34. The molecular weight excluding hydrogens is 232 g/mol. The molecule has 0 bridgehead atoms. The van der Waals surface area contributed by atoms with Crippen LogP contribution in [0.1, 0.15) is 19.8 Å². The lowest BCUT2D eigenvalue weighted by Crippen LogP contribution is -2.61. The van der Waals surface area contributed by atoms with Crippen molar-refractivity contribution in [2.24, 2.45) is 0 Å². The molecule has 1 aliphatic rings. The lowest BCUT2D eigenvalue weighted by atomic mass is 9.90. The summed E-state index contributed by atoms with van der Waals surface area (Å²) in [6.45, 7) is 3.56. The van der Waals surface area contributed by atoms with Crippen molar-refractivity contribution in [1.82, 2.24) is 4.98 Å². The maximum atomic E-state index is 10.2. The summed E-state index contributed by atoms with van der Waals surface area (Å²) in [6.07, 6.45) is 1.92. The highest BCUT2D eigenvalue weighted by atomic mass is 32.1. The average Bonchev–Trinajstić information content (AvgIpc) is 2.69. The van der Waals surface area contributed by atoms with Crippen LogP contribution < -0.4 is 4.90 Å². The van der Waals surface area contributed by atoms with Crippen LogP contribution in [0.3, 0.4) is 0 Å². The zero-order valence-electron chi connectivity index (χ0n) is 9.89. The first-order valence-electron chi connectivity index (χ1n) is 6.03. The molecule has 17 heavy (non-hydrogen) atoms. The van der Waals surface area contributed by atoms with E-state index < -0.39 is 5.60 Å². The number of hydrogen-bond donors (Lipinski definition) is 1. The molecule has 4 heteroatoms. The van der Waals surface area contributed by atoms with Gasteiger partial charge in [-0.15, -0.1) is 0 Å². The molecule has 1 N–H and O–H groups in total. The van der Waals surface area contributed by atoms with E-state index in [0.29, 0.717) is 0 Å². The Bertz CT molecular complexity index is 498. The Morgan fingerprint density at radius 3 is 2.88 bits per heavy atom. The Kier molecular flexibility index (Phi) is 2.56. The fourth-order valence-corrected chi connectivity index (χ4v) is 3.38. The molecule has 1 saturated heterocycles. The van der Waals surface area contributed by atoms with E-state index in [1.165, 1.54) is 4.70 Å². The maximum Gasteiger partial charge on any atom is 0.186 e. The molecule has 0 radical (unpaired) electrons. The lowest BCUT2D eigenvalue weighted by Gasteiger charge is -2.46. The number of fused-ring (bicyclic) bond motifs is 1. The Balaban J connectivity index is 1.78. The van der Waals surface area contributed by atoms with Crippen molar-refractivity contribution in [3.05, 3.63) is 24.3 Å². The minimum absolute atomic E-state index is 0.480. The Morgan fingerprint density at radius 1 is 1.41 bits per heavy atom. The Morgan fingerprint density at radius 2 is 2.18 bits per heavy atom. The number of anilines is 1. The second-order valence-electron chi connectivity index (χ2n) is 4.79. The molecule has 0 atom stereocenters. The first-order valence-corrected chi connectivity index (χ1v) is 6.85. The molecule has 0 amide bonds. The molecule has 1 aromatic heterocycles. The van der Waals surface area contributed by atoms with E-state index in [2.05, 4.69) is 22.9 Å². The van der Waals surface area contributed by atoms with Gasteiger partial charge >= 0.3 is 0 Å². The van der Waals surface area contributed by atoms with Gasteiger partial charge in [0.05, 0.1) is 28.9 Å². The highest BCUT2D eigenvalue weighted by Crippen LogP contribution is 2.35. The topological polar surface area (TPSA) is 36.4 Å². The predicted molar refractivity (Wildman–Crippen MR) is 71.7 cm³/mol. The summed E-state index contributed by atoms with van der Waals surface area (Å²) in [5, 5.41) is 11.2. The van der Waals surface area contributed by atoms with Crippen LogP contribution >= 0.6 is 11.3 Å². The minimum Gasteiger partial charge on any atom is -0.386 e. The summed E-state index contributed by atoms with van der Waals surface area (Å²) in [5.41, 5.74) is 0.575. The van der Waals surface area contributed by atoms with Gasteiger partial charge in [-0.25, -0.2) is 4.98 Å². The Labute approximate surface area is 105 Å². The zero-order chi connectivity index (χ0) is 11.9. The molecule has 0 saturated carbocycles. The van der Waals surface area contributed by atoms with Gasteiger partial charge in [-0.3, -0.25) is 0 Å². The van der Waals surface area contributed by atoms with Crippen LogP contribution in [-0.4, -0.2) is 28.8 Å².